The summed E-state index contributed by atoms with van der Waals surface area (Å²) in [7, 11) is 2.41. The maximum atomic E-state index is 12.8. The molecule has 0 aliphatic heterocycles. The zero-order chi connectivity index (χ0) is 20.8. The average molecular weight is 414 g/mol. The molecule has 0 aliphatic carbocycles. The molecule has 2 aromatic heterocycles. The Kier molecular flexibility index (Phi) is 6.35. The van der Waals surface area contributed by atoms with Crippen LogP contribution >= 0.6 is 11.3 Å². The third-order valence-corrected chi connectivity index (χ3v) is 4.85. The highest BCUT2D eigenvalue weighted by Crippen LogP contribution is 2.25. The number of carbonyl (C=O) groups excluding carboxylic acids is 3. The second-order valence-electron chi connectivity index (χ2n) is 5.86. The number of rotatable bonds is 7. The van der Waals surface area contributed by atoms with Gasteiger partial charge in [0.1, 0.15) is 23.8 Å². The molecule has 0 atom stereocenters. The fraction of sp³-hybridized carbons (Fsp3) is 0.211. The van der Waals surface area contributed by atoms with Crippen LogP contribution in [0.4, 0.5) is 0 Å². The van der Waals surface area contributed by atoms with Gasteiger partial charge in [-0.1, -0.05) is 18.2 Å². The van der Waals surface area contributed by atoms with Crippen LogP contribution in [-0.4, -0.2) is 64.8 Å². The van der Waals surface area contributed by atoms with E-state index >= 15 is 0 Å². The van der Waals surface area contributed by atoms with Gasteiger partial charge < -0.3 is 14.4 Å². The first kappa shape index (κ1) is 20.2. The highest BCUT2D eigenvalue weighted by Gasteiger charge is 2.24. The Morgan fingerprint density at radius 1 is 1.07 bits per heavy atom. The Balaban J connectivity index is 1.80. The van der Waals surface area contributed by atoms with Crippen molar-refractivity contribution in [3.05, 3.63) is 53.8 Å². The molecule has 29 heavy (non-hydrogen) atoms. The first-order valence-electron chi connectivity index (χ1n) is 8.50. The van der Waals surface area contributed by atoms with Crippen LogP contribution < -0.4 is 0 Å². The monoisotopic (exact) mass is 414 g/mol. The smallest absolute Gasteiger partial charge is 0.325 e. The lowest BCUT2D eigenvalue weighted by molar-refractivity contribution is -0.144. The molecule has 1 amide bonds. The first-order valence-corrected chi connectivity index (χ1v) is 9.38. The molecule has 3 aromatic rings. The molecule has 0 spiro atoms. The summed E-state index contributed by atoms with van der Waals surface area (Å²) in [5.74, 6) is -1.87. The van der Waals surface area contributed by atoms with Crippen molar-refractivity contribution < 1.29 is 23.9 Å². The summed E-state index contributed by atoms with van der Waals surface area (Å²) in [6, 6.07) is 9.58. The van der Waals surface area contributed by atoms with E-state index in [1.54, 1.807) is 16.3 Å². The molecule has 0 N–H and O–H groups in total. The van der Waals surface area contributed by atoms with E-state index in [-0.39, 0.29) is 18.8 Å². The van der Waals surface area contributed by atoms with Crippen molar-refractivity contribution in [1.82, 2.24) is 19.7 Å². The van der Waals surface area contributed by atoms with Crippen molar-refractivity contribution in [1.29, 1.82) is 0 Å². The molecule has 1 aromatic carbocycles. The number of ether oxygens (including phenoxy) is 2. The third-order valence-electron chi connectivity index (χ3n) is 3.96. The van der Waals surface area contributed by atoms with Crippen LogP contribution in [-0.2, 0) is 19.1 Å². The molecular weight excluding hydrogens is 396 g/mol. The number of hydrogen-bond donors (Lipinski definition) is 0. The largest absolute Gasteiger partial charge is 0.468 e. The summed E-state index contributed by atoms with van der Waals surface area (Å²) < 4.78 is 10.9. The molecular formula is C19H18N4O5S. The Hall–Kier alpha value is -3.53. The predicted octanol–water partition coefficient (Wildman–Crippen LogP) is 1.78. The van der Waals surface area contributed by atoms with Gasteiger partial charge in [0.25, 0.3) is 5.91 Å². The van der Waals surface area contributed by atoms with Crippen LogP contribution in [0, 0.1) is 0 Å². The summed E-state index contributed by atoms with van der Waals surface area (Å²) in [5.41, 5.74) is 1.75. The normalized spacial score (nSPS) is 10.4. The maximum Gasteiger partial charge on any atom is 0.325 e. The Morgan fingerprint density at radius 2 is 1.72 bits per heavy atom. The van der Waals surface area contributed by atoms with Crippen LogP contribution in [0.5, 0.6) is 0 Å². The molecule has 2 heterocycles. The van der Waals surface area contributed by atoms with E-state index in [4.69, 9.17) is 0 Å². The number of benzene rings is 1. The van der Waals surface area contributed by atoms with E-state index in [2.05, 4.69) is 19.6 Å². The summed E-state index contributed by atoms with van der Waals surface area (Å²) in [4.78, 5) is 41.3. The van der Waals surface area contributed by atoms with Crippen molar-refractivity contribution in [2.45, 2.75) is 0 Å². The lowest BCUT2D eigenvalue weighted by atomic mass is 10.3. The number of para-hydroxylation sites is 1. The molecule has 150 valence electrons. The van der Waals surface area contributed by atoms with Gasteiger partial charge in [-0.2, -0.15) is 5.10 Å². The molecule has 0 fully saturated rings. The van der Waals surface area contributed by atoms with E-state index < -0.39 is 17.8 Å². The lowest BCUT2D eigenvalue weighted by Gasteiger charge is -2.18. The Labute approximate surface area is 170 Å². The second kappa shape index (κ2) is 9.11. The van der Waals surface area contributed by atoms with Crippen molar-refractivity contribution in [2.75, 3.05) is 27.3 Å². The van der Waals surface area contributed by atoms with Gasteiger partial charge in [-0.05, 0) is 12.1 Å². The number of aromatic nitrogens is 3. The molecule has 0 bridgehead atoms. The van der Waals surface area contributed by atoms with E-state index in [0.29, 0.717) is 5.01 Å². The van der Waals surface area contributed by atoms with Crippen molar-refractivity contribution in [3.63, 3.8) is 0 Å². The molecule has 3 rings (SSSR count). The van der Waals surface area contributed by atoms with Gasteiger partial charge in [-0.15, -0.1) is 11.3 Å². The fourth-order valence-corrected chi connectivity index (χ4v) is 3.23. The Morgan fingerprint density at radius 3 is 2.34 bits per heavy atom. The zero-order valence-corrected chi connectivity index (χ0v) is 16.6. The van der Waals surface area contributed by atoms with Crippen LogP contribution in [0.15, 0.2) is 48.1 Å². The van der Waals surface area contributed by atoms with E-state index in [0.717, 1.165) is 16.2 Å². The first-order chi connectivity index (χ1) is 14.0. The van der Waals surface area contributed by atoms with Crippen molar-refractivity contribution in [2.24, 2.45) is 0 Å². The van der Waals surface area contributed by atoms with E-state index in [1.807, 2.05) is 36.5 Å². The number of esters is 2. The Bertz CT molecular complexity index is 997. The summed E-state index contributed by atoms with van der Waals surface area (Å²) in [5, 5.41) is 6.48. The van der Waals surface area contributed by atoms with Crippen LogP contribution in [0.25, 0.3) is 16.3 Å². The van der Waals surface area contributed by atoms with Crippen molar-refractivity contribution in [3.8, 4) is 16.3 Å². The predicted molar refractivity (Wildman–Crippen MR) is 105 cm³/mol. The van der Waals surface area contributed by atoms with Gasteiger partial charge in [0.2, 0.25) is 0 Å². The number of thiazole rings is 1. The highest BCUT2D eigenvalue weighted by atomic mass is 32.1. The number of amides is 1. The number of methoxy groups -OCH3 is 2. The van der Waals surface area contributed by atoms with Gasteiger partial charge in [0.05, 0.1) is 26.1 Å². The number of hydrogen-bond acceptors (Lipinski definition) is 8. The minimum absolute atomic E-state index is 0.116. The molecule has 0 unspecified atom stereocenters. The standard InChI is InChI=1S/C19H18N4O5S/c1-27-16(24)10-22(11-17(25)28-2)19(26)15-12-29-18(21-15)13-8-20-23(9-13)14-6-4-3-5-7-14/h3-9,12H,10-11H2,1-2H3. The maximum absolute atomic E-state index is 12.8. The van der Waals surface area contributed by atoms with Crippen LogP contribution in [0.3, 0.4) is 0 Å². The van der Waals surface area contributed by atoms with Crippen LogP contribution in [0.2, 0.25) is 0 Å². The molecule has 0 radical (unpaired) electrons. The molecule has 9 nitrogen and oxygen atoms in total. The zero-order valence-electron chi connectivity index (χ0n) is 15.8. The average Bonchev–Trinajstić information content (AvgIpc) is 3.42. The fourth-order valence-electron chi connectivity index (χ4n) is 2.46. The van der Waals surface area contributed by atoms with Gasteiger partial charge >= 0.3 is 11.9 Å². The van der Waals surface area contributed by atoms with Gasteiger partial charge in [-0.3, -0.25) is 14.4 Å². The second-order valence-corrected chi connectivity index (χ2v) is 6.72. The summed E-state index contributed by atoms with van der Waals surface area (Å²) >= 11 is 1.26. The topological polar surface area (TPSA) is 104 Å². The van der Waals surface area contributed by atoms with Gasteiger partial charge in [0.15, 0.2) is 0 Å². The summed E-state index contributed by atoms with van der Waals surface area (Å²) in [6.45, 7) is -0.771. The molecule has 10 heteroatoms. The number of carbonyl (C=O) groups is 3. The summed E-state index contributed by atoms with van der Waals surface area (Å²) in [6.07, 6.45) is 3.46. The minimum atomic E-state index is -0.651. The van der Waals surface area contributed by atoms with Crippen molar-refractivity contribution >= 4 is 29.2 Å². The van der Waals surface area contributed by atoms with E-state index in [1.165, 1.54) is 25.6 Å². The third kappa shape index (κ3) is 4.85. The molecule has 0 aliphatic rings. The SMILES string of the molecule is COC(=O)CN(CC(=O)OC)C(=O)c1csc(-c2cnn(-c3ccccc3)c2)n1. The quantitative estimate of drug-likeness (QED) is 0.543. The van der Waals surface area contributed by atoms with Gasteiger partial charge in [0, 0.05) is 17.1 Å². The van der Waals surface area contributed by atoms with E-state index in [9.17, 15) is 14.4 Å². The minimum Gasteiger partial charge on any atom is -0.468 e. The number of nitrogens with zero attached hydrogens (tertiary/aromatic N) is 4. The molecule has 0 saturated heterocycles. The van der Waals surface area contributed by atoms with Gasteiger partial charge in [-0.25, -0.2) is 9.67 Å². The highest BCUT2D eigenvalue weighted by molar-refractivity contribution is 7.13. The van der Waals surface area contributed by atoms with Crippen LogP contribution in [0.1, 0.15) is 10.5 Å². The lowest BCUT2D eigenvalue weighted by Crippen LogP contribution is -2.40. The molecule has 0 saturated carbocycles.